The fraction of sp³-hybridized carbons (Fsp3) is 0.308. The maximum Gasteiger partial charge on any atom is 0.123 e. The van der Waals surface area contributed by atoms with E-state index in [-0.39, 0.29) is 5.82 Å². The quantitative estimate of drug-likeness (QED) is 0.578. The highest BCUT2D eigenvalue weighted by molar-refractivity contribution is 5.69. The topological polar surface area (TPSA) is 33.3 Å². The highest BCUT2D eigenvalue weighted by atomic mass is 19.1. The molecule has 1 fully saturated rings. The second-order valence-electron chi connectivity index (χ2n) is 7.96. The minimum atomic E-state index is -0.219. The maximum absolute atomic E-state index is 13.4. The molecular weight excluding hydrogens is 375 g/mol. The van der Waals surface area contributed by atoms with Gasteiger partial charge >= 0.3 is 0 Å². The second kappa shape index (κ2) is 9.41. The first-order valence-corrected chi connectivity index (χ1v) is 10.6. The number of hydrogen-bond donors (Lipinski definition) is 2. The molecule has 1 aliphatic rings. The first-order valence-electron chi connectivity index (χ1n) is 10.6. The minimum absolute atomic E-state index is 0.219. The molecule has 0 radical (unpaired) electrons. The molecule has 0 spiro atoms. The molecule has 3 aromatic carbocycles. The number of piperidine rings is 1. The zero-order chi connectivity index (χ0) is 20.9. The Morgan fingerprint density at radius 3 is 2.57 bits per heavy atom. The van der Waals surface area contributed by atoms with Crippen molar-refractivity contribution in [2.75, 3.05) is 13.7 Å². The van der Waals surface area contributed by atoms with Crippen LogP contribution in [-0.2, 0) is 6.54 Å². The van der Waals surface area contributed by atoms with E-state index in [4.69, 9.17) is 4.74 Å². The van der Waals surface area contributed by atoms with Gasteiger partial charge in [-0.05, 0) is 72.8 Å². The molecule has 1 aliphatic heterocycles. The lowest BCUT2D eigenvalue weighted by Crippen LogP contribution is -2.45. The summed E-state index contributed by atoms with van der Waals surface area (Å²) in [5.74, 6) is 0.662. The molecule has 156 valence electrons. The number of rotatable bonds is 6. The lowest BCUT2D eigenvalue weighted by Gasteiger charge is -2.34. The summed E-state index contributed by atoms with van der Waals surface area (Å²) in [4.78, 5) is 0. The molecular formula is C26H29FN2O. The molecule has 0 aliphatic carbocycles. The van der Waals surface area contributed by atoms with Gasteiger partial charge in [0.1, 0.15) is 11.6 Å². The smallest absolute Gasteiger partial charge is 0.123 e. The van der Waals surface area contributed by atoms with Crippen LogP contribution >= 0.6 is 0 Å². The first kappa shape index (κ1) is 20.6. The Morgan fingerprint density at radius 1 is 1.07 bits per heavy atom. The van der Waals surface area contributed by atoms with Crippen LogP contribution in [0.25, 0.3) is 11.1 Å². The molecule has 3 nitrogen and oxygen atoms in total. The van der Waals surface area contributed by atoms with E-state index in [1.165, 1.54) is 17.7 Å². The zero-order valence-corrected chi connectivity index (χ0v) is 17.6. The van der Waals surface area contributed by atoms with E-state index in [9.17, 15) is 4.39 Å². The van der Waals surface area contributed by atoms with Crippen molar-refractivity contribution in [1.82, 2.24) is 10.6 Å². The zero-order valence-electron chi connectivity index (χ0n) is 17.6. The van der Waals surface area contributed by atoms with Crippen molar-refractivity contribution in [3.63, 3.8) is 0 Å². The Bertz CT molecular complexity index is 972. The number of ether oxygens (including phenoxy) is 1. The van der Waals surface area contributed by atoms with Gasteiger partial charge in [-0.25, -0.2) is 4.39 Å². The summed E-state index contributed by atoms with van der Waals surface area (Å²) in [6.45, 7) is 3.82. The summed E-state index contributed by atoms with van der Waals surface area (Å²) in [6, 6.07) is 22.2. The van der Waals surface area contributed by atoms with Crippen molar-refractivity contribution in [3.05, 3.63) is 89.2 Å². The summed E-state index contributed by atoms with van der Waals surface area (Å²) in [6.07, 6.45) is 2.29. The average Bonchev–Trinajstić information content (AvgIpc) is 2.79. The molecule has 4 heteroatoms. The summed E-state index contributed by atoms with van der Waals surface area (Å²) in [5, 5.41) is 7.44. The Morgan fingerprint density at radius 2 is 1.83 bits per heavy atom. The molecule has 0 bridgehead atoms. The Balaban J connectivity index is 1.57. The fourth-order valence-corrected chi connectivity index (χ4v) is 4.35. The molecule has 30 heavy (non-hydrogen) atoms. The molecule has 4 rings (SSSR count). The lowest BCUT2D eigenvalue weighted by molar-refractivity contribution is 0.303. The number of benzene rings is 3. The van der Waals surface area contributed by atoms with Gasteiger partial charge in [0.25, 0.3) is 0 Å². The van der Waals surface area contributed by atoms with Gasteiger partial charge in [-0.15, -0.1) is 0 Å². The van der Waals surface area contributed by atoms with E-state index in [0.717, 1.165) is 47.4 Å². The third-order valence-corrected chi connectivity index (χ3v) is 5.95. The van der Waals surface area contributed by atoms with Gasteiger partial charge in [0, 0.05) is 24.2 Å². The monoisotopic (exact) mass is 404 g/mol. The normalized spacial score (nSPS) is 18.9. The van der Waals surface area contributed by atoms with E-state index in [1.54, 1.807) is 7.11 Å². The van der Waals surface area contributed by atoms with Crippen LogP contribution < -0.4 is 15.4 Å². The van der Waals surface area contributed by atoms with Gasteiger partial charge in [0.05, 0.1) is 7.11 Å². The second-order valence-corrected chi connectivity index (χ2v) is 7.96. The Kier molecular flexibility index (Phi) is 6.46. The van der Waals surface area contributed by atoms with Crippen LogP contribution in [0.15, 0.2) is 66.7 Å². The summed E-state index contributed by atoms with van der Waals surface area (Å²) in [5.41, 5.74) is 5.66. The van der Waals surface area contributed by atoms with Gasteiger partial charge in [-0.2, -0.15) is 0 Å². The van der Waals surface area contributed by atoms with Crippen molar-refractivity contribution >= 4 is 0 Å². The van der Waals surface area contributed by atoms with Gasteiger partial charge in [0.15, 0.2) is 0 Å². The molecule has 1 saturated heterocycles. The van der Waals surface area contributed by atoms with Gasteiger partial charge < -0.3 is 15.4 Å². The number of hydrogen-bond acceptors (Lipinski definition) is 3. The van der Waals surface area contributed by atoms with Crippen molar-refractivity contribution < 1.29 is 9.13 Å². The van der Waals surface area contributed by atoms with Gasteiger partial charge in [-0.3, -0.25) is 0 Å². The maximum atomic E-state index is 13.4. The van der Waals surface area contributed by atoms with E-state index < -0.39 is 0 Å². The highest BCUT2D eigenvalue weighted by Gasteiger charge is 2.26. The van der Waals surface area contributed by atoms with E-state index >= 15 is 0 Å². The van der Waals surface area contributed by atoms with Crippen molar-refractivity contribution in [2.45, 2.75) is 38.4 Å². The summed E-state index contributed by atoms with van der Waals surface area (Å²) < 4.78 is 19.0. The largest absolute Gasteiger partial charge is 0.496 e. The van der Waals surface area contributed by atoms with E-state index in [0.29, 0.717) is 18.6 Å². The molecule has 2 N–H and O–H groups in total. The van der Waals surface area contributed by atoms with E-state index in [1.807, 2.05) is 12.1 Å². The van der Waals surface area contributed by atoms with Crippen molar-refractivity contribution in [3.8, 4) is 16.9 Å². The number of methoxy groups -OCH3 is 1. The molecule has 0 amide bonds. The van der Waals surface area contributed by atoms with Crippen LogP contribution in [0.4, 0.5) is 4.39 Å². The van der Waals surface area contributed by atoms with Crippen molar-refractivity contribution in [2.24, 2.45) is 0 Å². The first-order chi connectivity index (χ1) is 14.7. The van der Waals surface area contributed by atoms with Gasteiger partial charge in [0.2, 0.25) is 0 Å². The molecule has 1 heterocycles. The van der Waals surface area contributed by atoms with Crippen LogP contribution in [0.5, 0.6) is 5.75 Å². The predicted octanol–water partition coefficient (Wildman–Crippen LogP) is 5.39. The van der Waals surface area contributed by atoms with Gasteiger partial charge in [-0.1, -0.05) is 42.5 Å². The number of halogens is 1. The molecule has 2 unspecified atom stereocenters. The van der Waals surface area contributed by atoms with E-state index in [2.05, 4.69) is 60.0 Å². The highest BCUT2D eigenvalue weighted by Crippen LogP contribution is 2.31. The SMILES string of the molecule is COc1cc(C)c(-c2ccc(F)cc2)cc1CNC1CCCNC1c1ccccc1. The fourth-order valence-electron chi connectivity index (χ4n) is 4.35. The van der Waals surface area contributed by atoms with Crippen LogP contribution in [-0.4, -0.2) is 19.7 Å². The number of aryl methyl sites for hydroxylation is 1. The summed E-state index contributed by atoms with van der Waals surface area (Å²) in [7, 11) is 1.71. The number of nitrogens with one attached hydrogen (secondary N) is 2. The molecule has 3 aromatic rings. The molecule has 0 aromatic heterocycles. The van der Waals surface area contributed by atoms with Crippen LogP contribution in [0.2, 0.25) is 0 Å². The third kappa shape index (κ3) is 4.55. The van der Waals surface area contributed by atoms with Crippen molar-refractivity contribution in [1.29, 1.82) is 0 Å². The van der Waals surface area contributed by atoms with Crippen LogP contribution in [0.1, 0.15) is 35.6 Å². The Hall–Kier alpha value is -2.69. The Labute approximate surface area is 178 Å². The van der Waals surface area contributed by atoms with Crippen LogP contribution in [0, 0.1) is 12.7 Å². The average molecular weight is 405 g/mol. The predicted molar refractivity (Wildman–Crippen MR) is 120 cm³/mol. The third-order valence-electron chi connectivity index (χ3n) is 5.95. The van der Waals surface area contributed by atoms with Crippen LogP contribution in [0.3, 0.4) is 0 Å². The lowest BCUT2D eigenvalue weighted by atomic mass is 9.92. The molecule has 2 atom stereocenters. The minimum Gasteiger partial charge on any atom is -0.496 e. The molecule has 0 saturated carbocycles. The summed E-state index contributed by atoms with van der Waals surface area (Å²) >= 11 is 0. The standard InChI is InChI=1S/C26H29FN2O/c1-18-15-25(30-2)21(16-23(18)19-10-12-22(27)13-11-19)17-29-24-9-6-14-28-26(24)20-7-4-3-5-8-20/h3-5,7-8,10-13,15-16,24,26,28-29H,6,9,14,17H2,1-2H3.